The summed E-state index contributed by atoms with van der Waals surface area (Å²) in [6.45, 7) is 4.37. The second-order valence-electron chi connectivity index (χ2n) is 5.25. The normalized spacial score (nSPS) is 16.9. The van der Waals surface area contributed by atoms with Gasteiger partial charge in [-0.05, 0) is 30.5 Å². The third-order valence-electron chi connectivity index (χ3n) is 4.01. The Labute approximate surface area is 137 Å². The fourth-order valence-corrected chi connectivity index (χ4v) is 2.95. The molecule has 0 aromatic heterocycles. The monoisotopic (exact) mass is 367 g/mol. The first-order valence-electron chi connectivity index (χ1n) is 7.01. The van der Waals surface area contributed by atoms with E-state index in [2.05, 4.69) is 22.5 Å². The lowest BCUT2D eigenvalue weighted by atomic mass is 9.73. The Hall–Kier alpha value is -1.82. The predicted octanol–water partition coefficient (Wildman–Crippen LogP) is 3.19. The maximum atomic E-state index is 11.9. The zero-order valence-electron chi connectivity index (χ0n) is 12.1. The molecule has 1 aromatic rings. The van der Waals surface area contributed by atoms with E-state index in [1.807, 2.05) is 24.3 Å². The summed E-state index contributed by atoms with van der Waals surface area (Å²) in [5, 5.41) is 9.72. The maximum Gasteiger partial charge on any atom is 0.410 e. The second kappa shape index (κ2) is 6.96. The minimum Gasteiger partial charge on any atom is -0.481 e. The Morgan fingerprint density at radius 3 is 2.41 bits per heavy atom. The van der Waals surface area contributed by atoms with Crippen LogP contribution in [-0.4, -0.2) is 41.8 Å². The van der Waals surface area contributed by atoms with Gasteiger partial charge in [0.05, 0.1) is 5.41 Å². The minimum absolute atomic E-state index is 0.159. The number of piperidine rings is 1. The molecule has 22 heavy (non-hydrogen) atoms. The number of hydrogen-bond donors (Lipinski definition) is 1. The van der Waals surface area contributed by atoms with Crippen LogP contribution < -0.4 is 0 Å². The van der Waals surface area contributed by atoms with Gasteiger partial charge in [0.15, 0.2) is 0 Å². The lowest BCUT2D eigenvalue weighted by Crippen LogP contribution is -2.49. The third kappa shape index (κ3) is 3.32. The van der Waals surface area contributed by atoms with Gasteiger partial charge in [0.1, 0.15) is 6.61 Å². The molecule has 0 atom stereocenters. The first-order chi connectivity index (χ1) is 10.5. The third-order valence-corrected chi connectivity index (χ3v) is 4.53. The van der Waals surface area contributed by atoms with E-state index in [1.54, 1.807) is 4.90 Å². The van der Waals surface area contributed by atoms with Crippen LogP contribution in [0.3, 0.4) is 0 Å². The molecule has 6 heteroatoms. The predicted molar refractivity (Wildman–Crippen MR) is 85.8 cm³/mol. The van der Waals surface area contributed by atoms with Crippen molar-refractivity contribution >= 4 is 28.0 Å². The molecule has 1 fully saturated rings. The largest absolute Gasteiger partial charge is 0.481 e. The Balaban J connectivity index is 2.13. The lowest BCUT2D eigenvalue weighted by molar-refractivity contribution is -0.145. The number of carbonyl (C=O) groups excluding carboxylic acids is 1. The average Bonchev–Trinajstić information content (AvgIpc) is 2.53. The summed E-state index contributed by atoms with van der Waals surface area (Å²) in [4.78, 5) is 25.2. The van der Waals surface area contributed by atoms with Crippen molar-refractivity contribution in [3.05, 3.63) is 47.0 Å². The molecular formula is C16H18BrNO4. The van der Waals surface area contributed by atoms with Gasteiger partial charge < -0.3 is 14.7 Å². The van der Waals surface area contributed by atoms with Crippen LogP contribution in [-0.2, 0) is 14.9 Å². The minimum atomic E-state index is -0.948. The highest BCUT2D eigenvalue weighted by atomic mass is 79.9. The number of benzene rings is 1. The quantitative estimate of drug-likeness (QED) is 0.829. The molecule has 0 unspecified atom stereocenters. The summed E-state index contributed by atoms with van der Waals surface area (Å²) in [5.41, 5.74) is -0.182. The van der Waals surface area contributed by atoms with E-state index in [0.29, 0.717) is 25.9 Å². The van der Waals surface area contributed by atoms with Gasteiger partial charge in [-0.3, -0.25) is 4.79 Å². The number of carboxylic acid groups (broad SMARTS) is 1. The summed E-state index contributed by atoms with van der Waals surface area (Å²) in [5.74, 6) is -0.853. The highest BCUT2D eigenvalue weighted by Gasteiger charge is 2.44. The number of amides is 1. The molecule has 118 valence electrons. The molecule has 0 radical (unpaired) electrons. The summed E-state index contributed by atoms with van der Waals surface area (Å²) in [6, 6.07) is 7.32. The summed E-state index contributed by atoms with van der Waals surface area (Å²) in [7, 11) is 0. The van der Waals surface area contributed by atoms with E-state index in [-0.39, 0.29) is 6.61 Å². The maximum absolute atomic E-state index is 11.9. The van der Waals surface area contributed by atoms with Crippen molar-refractivity contribution in [1.82, 2.24) is 4.90 Å². The average molecular weight is 368 g/mol. The number of aliphatic carboxylic acids is 1. The van der Waals surface area contributed by atoms with Crippen LogP contribution in [0.15, 0.2) is 41.4 Å². The van der Waals surface area contributed by atoms with Crippen LogP contribution in [0, 0.1) is 0 Å². The Morgan fingerprint density at radius 1 is 1.32 bits per heavy atom. The zero-order chi connectivity index (χ0) is 16.2. The van der Waals surface area contributed by atoms with E-state index in [9.17, 15) is 14.7 Å². The van der Waals surface area contributed by atoms with Gasteiger partial charge in [0.2, 0.25) is 0 Å². The van der Waals surface area contributed by atoms with Gasteiger partial charge in [0, 0.05) is 17.6 Å². The molecule has 2 rings (SSSR count). The highest BCUT2D eigenvalue weighted by Crippen LogP contribution is 2.36. The summed E-state index contributed by atoms with van der Waals surface area (Å²) < 4.78 is 5.90. The molecule has 1 aliphatic rings. The van der Waals surface area contributed by atoms with E-state index < -0.39 is 17.5 Å². The van der Waals surface area contributed by atoms with Crippen molar-refractivity contribution in [3.63, 3.8) is 0 Å². The SMILES string of the molecule is C=CCOC(=O)N1CCC(C(=O)O)(c2ccc(Br)cc2)CC1. The first kappa shape index (κ1) is 16.5. The molecule has 0 saturated carbocycles. The molecule has 0 spiro atoms. The summed E-state index contributed by atoms with van der Waals surface area (Å²) >= 11 is 3.35. The molecule has 1 aliphatic heterocycles. The van der Waals surface area contributed by atoms with Crippen LogP contribution in [0.4, 0.5) is 4.79 Å². The van der Waals surface area contributed by atoms with Gasteiger partial charge in [-0.2, -0.15) is 0 Å². The van der Waals surface area contributed by atoms with Crippen molar-refractivity contribution in [1.29, 1.82) is 0 Å². The van der Waals surface area contributed by atoms with Gasteiger partial charge in [-0.15, -0.1) is 0 Å². The molecule has 0 bridgehead atoms. The topological polar surface area (TPSA) is 66.8 Å². The molecule has 1 aromatic carbocycles. The zero-order valence-corrected chi connectivity index (χ0v) is 13.7. The second-order valence-corrected chi connectivity index (χ2v) is 6.16. The molecule has 5 nitrogen and oxygen atoms in total. The Morgan fingerprint density at radius 2 is 1.91 bits per heavy atom. The fraction of sp³-hybridized carbons (Fsp3) is 0.375. The van der Waals surface area contributed by atoms with Gasteiger partial charge in [-0.25, -0.2) is 4.79 Å². The number of hydrogen-bond acceptors (Lipinski definition) is 3. The van der Waals surface area contributed by atoms with Crippen molar-refractivity contribution in [2.45, 2.75) is 18.3 Å². The fourth-order valence-electron chi connectivity index (χ4n) is 2.69. The van der Waals surface area contributed by atoms with Crippen LogP contribution in [0.1, 0.15) is 18.4 Å². The highest BCUT2D eigenvalue weighted by molar-refractivity contribution is 9.10. The molecule has 1 heterocycles. The molecule has 0 aliphatic carbocycles. The van der Waals surface area contributed by atoms with Gasteiger partial charge in [0.25, 0.3) is 0 Å². The van der Waals surface area contributed by atoms with Gasteiger partial charge in [-0.1, -0.05) is 40.7 Å². The number of ether oxygens (including phenoxy) is 1. The van der Waals surface area contributed by atoms with Crippen molar-refractivity contribution in [2.24, 2.45) is 0 Å². The van der Waals surface area contributed by atoms with E-state index in [1.165, 1.54) is 6.08 Å². The van der Waals surface area contributed by atoms with E-state index in [4.69, 9.17) is 4.74 Å². The first-order valence-corrected chi connectivity index (χ1v) is 7.81. The van der Waals surface area contributed by atoms with Crippen molar-refractivity contribution < 1.29 is 19.4 Å². The number of halogens is 1. The number of likely N-dealkylation sites (tertiary alicyclic amines) is 1. The lowest BCUT2D eigenvalue weighted by Gasteiger charge is -2.38. The number of nitrogens with zero attached hydrogens (tertiary/aromatic N) is 1. The molecule has 1 saturated heterocycles. The number of carboxylic acids is 1. The Bertz CT molecular complexity index is 562. The smallest absolute Gasteiger partial charge is 0.410 e. The van der Waals surface area contributed by atoms with E-state index >= 15 is 0 Å². The van der Waals surface area contributed by atoms with Gasteiger partial charge >= 0.3 is 12.1 Å². The van der Waals surface area contributed by atoms with Crippen LogP contribution in [0.2, 0.25) is 0 Å². The standard InChI is InChI=1S/C16H18BrNO4/c1-2-11-22-15(21)18-9-7-16(8-10-18,14(19)20)12-3-5-13(17)6-4-12/h2-6H,1,7-11H2,(H,19,20). The van der Waals surface area contributed by atoms with Crippen LogP contribution >= 0.6 is 15.9 Å². The van der Waals surface area contributed by atoms with E-state index in [0.717, 1.165) is 10.0 Å². The number of carbonyl (C=O) groups is 2. The van der Waals surface area contributed by atoms with Crippen LogP contribution in [0.5, 0.6) is 0 Å². The molecular weight excluding hydrogens is 350 g/mol. The molecule has 1 N–H and O–H groups in total. The van der Waals surface area contributed by atoms with Crippen LogP contribution in [0.25, 0.3) is 0 Å². The number of rotatable bonds is 4. The van der Waals surface area contributed by atoms with Crippen molar-refractivity contribution in [2.75, 3.05) is 19.7 Å². The molecule has 1 amide bonds. The van der Waals surface area contributed by atoms with Crippen molar-refractivity contribution in [3.8, 4) is 0 Å². The Kier molecular flexibility index (Phi) is 5.24. The summed E-state index contributed by atoms with van der Waals surface area (Å²) in [6.07, 6.45) is 1.82.